The van der Waals surface area contributed by atoms with Crippen molar-refractivity contribution in [1.29, 1.82) is 0 Å². The quantitative estimate of drug-likeness (QED) is 0.503. The SMILES string of the molecule is C=Cc1nocc1C(C)(CCCCC)CCCCC. The van der Waals surface area contributed by atoms with E-state index < -0.39 is 0 Å². The molecule has 1 rings (SSSR count). The molecule has 0 fully saturated rings. The van der Waals surface area contributed by atoms with Crippen LogP contribution >= 0.6 is 0 Å². The maximum atomic E-state index is 5.17. The zero-order valence-electron chi connectivity index (χ0n) is 12.9. The van der Waals surface area contributed by atoms with Crippen molar-refractivity contribution in [3.05, 3.63) is 24.1 Å². The smallest absolute Gasteiger partial charge is 0.128 e. The average Bonchev–Trinajstić information content (AvgIpc) is 2.88. The first kappa shape index (κ1) is 16.0. The molecule has 1 aromatic rings. The van der Waals surface area contributed by atoms with Gasteiger partial charge in [-0.15, -0.1) is 0 Å². The largest absolute Gasteiger partial charge is 0.364 e. The summed E-state index contributed by atoms with van der Waals surface area (Å²) in [5, 5.41) is 4.06. The molecule has 0 radical (unpaired) electrons. The van der Waals surface area contributed by atoms with E-state index in [1.807, 2.05) is 12.3 Å². The Kier molecular flexibility index (Phi) is 6.90. The Morgan fingerprint density at radius 1 is 1.16 bits per heavy atom. The van der Waals surface area contributed by atoms with E-state index in [4.69, 9.17) is 4.52 Å². The van der Waals surface area contributed by atoms with Gasteiger partial charge in [0.05, 0.1) is 0 Å². The summed E-state index contributed by atoms with van der Waals surface area (Å²) in [5.74, 6) is 0. The zero-order chi connectivity index (χ0) is 14.1. The highest BCUT2D eigenvalue weighted by atomic mass is 16.5. The van der Waals surface area contributed by atoms with Crippen LogP contribution in [0.2, 0.25) is 0 Å². The van der Waals surface area contributed by atoms with Gasteiger partial charge in [-0.2, -0.15) is 0 Å². The topological polar surface area (TPSA) is 26.0 Å². The van der Waals surface area contributed by atoms with E-state index in [0.29, 0.717) is 0 Å². The molecule has 0 aliphatic rings. The lowest BCUT2D eigenvalue weighted by atomic mass is 9.74. The first-order valence-corrected chi connectivity index (χ1v) is 7.75. The molecule has 1 aromatic heterocycles. The standard InChI is InChI=1S/C17H29NO/c1-5-8-10-12-17(4,13-11-9-6-2)15-14-19-18-16(15)7-3/h7,14H,3,5-6,8-13H2,1-2,4H3. The van der Waals surface area contributed by atoms with Crippen molar-refractivity contribution in [2.45, 2.75) is 77.6 Å². The molecule has 0 atom stereocenters. The van der Waals surface area contributed by atoms with Crippen molar-refractivity contribution < 1.29 is 4.52 Å². The molecule has 0 aliphatic heterocycles. The highest BCUT2D eigenvalue weighted by Gasteiger charge is 2.29. The molecular weight excluding hydrogens is 234 g/mol. The van der Waals surface area contributed by atoms with Gasteiger partial charge < -0.3 is 4.52 Å². The molecule has 0 aliphatic carbocycles. The molecular formula is C17H29NO. The molecule has 0 bridgehead atoms. The van der Waals surface area contributed by atoms with Crippen molar-refractivity contribution >= 4 is 6.08 Å². The van der Waals surface area contributed by atoms with Crippen molar-refractivity contribution in [1.82, 2.24) is 5.16 Å². The van der Waals surface area contributed by atoms with Crippen LogP contribution in [0.3, 0.4) is 0 Å². The second-order valence-electron chi connectivity index (χ2n) is 5.79. The lowest BCUT2D eigenvalue weighted by Gasteiger charge is -2.29. The van der Waals surface area contributed by atoms with Gasteiger partial charge >= 0.3 is 0 Å². The minimum absolute atomic E-state index is 0.188. The van der Waals surface area contributed by atoms with Crippen LogP contribution in [-0.2, 0) is 5.41 Å². The maximum Gasteiger partial charge on any atom is 0.128 e. The molecule has 0 saturated carbocycles. The van der Waals surface area contributed by atoms with Gasteiger partial charge in [-0.1, -0.05) is 71.0 Å². The normalized spacial score (nSPS) is 11.7. The third kappa shape index (κ3) is 4.52. The molecule has 0 amide bonds. The second-order valence-corrected chi connectivity index (χ2v) is 5.79. The second kappa shape index (κ2) is 8.19. The van der Waals surface area contributed by atoms with Crippen LogP contribution in [0.25, 0.3) is 6.08 Å². The van der Waals surface area contributed by atoms with Crippen molar-refractivity contribution in [2.75, 3.05) is 0 Å². The number of hydrogen-bond donors (Lipinski definition) is 0. The lowest BCUT2D eigenvalue weighted by molar-refractivity contribution is 0.361. The van der Waals surface area contributed by atoms with E-state index in [9.17, 15) is 0 Å². The zero-order valence-corrected chi connectivity index (χ0v) is 12.9. The summed E-state index contributed by atoms with van der Waals surface area (Å²) in [6.45, 7) is 10.7. The van der Waals surface area contributed by atoms with E-state index >= 15 is 0 Å². The van der Waals surface area contributed by atoms with E-state index in [1.54, 1.807) is 0 Å². The van der Waals surface area contributed by atoms with Crippen molar-refractivity contribution in [2.24, 2.45) is 0 Å². The molecule has 0 aromatic carbocycles. The summed E-state index contributed by atoms with van der Waals surface area (Å²) in [7, 11) is 0. The predicted octanol–water partition coefficient (Wildman–Crippen LogP) is 5.74. The Morgan fingerprint density at radius 3 is 2.21 bits per heavy atom. The predicted molar refractivity (Wildman–Crippen MR) is 82.2 cm³/mol. The summed E-state index contributed by atoms with van der Waals surface area (Å²) in [6.07, 6.45) is 13.8. The highest BCUT2D eigenvalue weighted by molar-refractivity contribution is 5.48. The van der Waals surface area contributed by atoms with Gasteiger partial charge in [0.2, 0.25) is 0 Å². The molecule has 2 nitrogen and oxygen atoms in total. The molecule has 0 N–H and O–H groups in total. The Balaban J connectivity index is 2.80. The van der Waals surface area contributed by atoms with Crippen molar-refractivity contribution in [3.8, 4) is 0 Å². The molecule has 1 heterocycles. The van der Waals surface area contributed by atoms with E-state index in [1.165, 1.54) is 56.9 Å². The van der Waals surface area contributed by atoms with E-state index in [-0.39, 0.29) is 5.41 Å². The molecule has 0 saturated heterocycles. The number of nitrogens with zero attached hydrogens (tertiary/aromatic N) is 1. The Labute approximate surface area is 118 Å². The van der Waals surface area contributed by atoms with Crippen LogP contribution in [0, 0.1) is 0 Å². The van der Waals surface area contributed by atoms with Gasteiger partial charge in [0.15, 0.2) is 0 Å². The van der Waals surface area contributed by atoms with E-state index in [0.717, 1.165) is 5.69 Å². The third-order valence-corrected chi connectivity index (χ3v) is 4.11. The van der Waals surface area contributed by atoms with Gasteiger partial charge in [0.25, 0.3) is 0 Å². The van der Waals surface area contributed by atoms with Gasteiger partial charge in [-0.3, -0.25) is 0 Å². The first-order valence-electron chi connectivity index (χ1n) is 7.75. The van der Waals surface area contributed by atoms with Crippen LogP contribution in [-0.4, -0.2) is 5.16 Å². The molecule has 0 unspecified atom stereocenters. The van der Waals surface area contributed by atoms with Gasteiger partial charge in [-0.05, 0) is 24.3 Å². The lowest BCUT2D eigenvalue weighted by Crippen LogP contribution is -2.22. The van der Waals surface area contributed by atoms with Crippen molar-refractivity contribution in [3.63, 3.8) is 0 Å². The number of hydrogen-bond acceptors (Lipinski definition) is 2. The molecule has 19 heavy (non-hydrogen) atoms. The number of aromatic nitrogens is 1. The Bertz CT molecular complexity index is 357. The average molecular weight is 263 g/mol. The highest BCUT2D eigenvalue weighted by Crippen LogP contribution is 2.37. The Hall–Kier alpha value is -1.05. The fourth-order valence-corrected chi connectivity index (χ4v) is 2.77. The first-order chi connectivity index (χ1) is 9.18. The summed E-state index contributed by atoms with van der Waals surface area (Å²) < 4.78 is 5.17. The molecule has 2 heteroatoms. The van der Waals surface area contributed by atoms with Crippen LogP contribution in [0.4, 0.5) is 0 Å². The van der Waals surface area contributed by atoms with Gasteiger partial charge in [0.1, 0.15) is 12.0 Å². The fourth-order valence-electron chi connectivity index (χ4n) is 2.77. The fraction of sp³-hybridized carbons (Fsp3) is 0.706. The summed E-state index contributed by atoms with van der Waals surface area (Å²) >= 11 is 0. The van der Waals surface area contributed by atoms with Gasteiger partial charge in [0, 0.05) is 5.56 Å². The Morgan fingerprint density at radius 2 is 1.74 bits per heavy atom. The molecule has 108 valence electrons. The summed E-state index contributed by atoms with van der Waals surface area (Å²) in [6, 6.07) is 0. The van der Waals surface area contributed by atoms with E-state index in [2.05, 4.69) is 32.5 Å². The maximum absolute atomic E-state index is 5.17. The summed E-state index contributed by atoms with van der Waals surface area (Å²) in [4.78, 5) is 0. The van der Waals surface area contributed by atoms with Crippen LogP contribution in [0.1, 0.15) is 83.4 Å². The number of rotatable bonds is 10. The van der Waals surface area contributed by atoms with Crippen LogP contribution in [0.5, 0.6) is 0 Å². The summed E-state index contributed by atoms with van der Waals surface area (Å²) in [5.41, 5.74) is 2.36. The van der Waals surface area contributed by atoms with Gasteiger partial charge in [-0.25, -0.2) is 0 Å². The van der Waals surface area contributed by atoms with Crippen LogP contribution < -0.4 is 0 Å². The minimum Gasteiger partial charge on any atom is -0.364 e. The van der Waals surface area contributed by atoms with Crippen LogP contribution in [0.15, 0.2) is 17.4 Å². The molecule has 0 spiro atoms. The third-order valence-electron chi connectivity index (χ3n) is 4.11. The minimum atomic E-state index is 0.188. The monoisotopic (exact) mass is 263 g/mol. The number of unbranched alkanes of at least 4 members (excludes halogenated alkanes) is 4.